The predicted molar refractivity (Wildman–Crippen MR) is 133 cm³/mol. The Morgan fingerprint density at radius 3 is 2.03 bits per heavy atom. The molecule has 0 aliphatic heterocycles. The third-order valence-corrected chi connectivity index (χ3v) is 9.03. The molecule has 0 atom stereocenters. The Morgan fingerprint density at radius 1 is 0.970 bits per heavy atom. The maximum Gasteiger partial charge on any atom is 0.335 e. The van der Waals surface area contributed by atoms with Gasteiger partial charge in [0.25, 0.3) is 0 Å². The Morgan fingerprint density at radius 2 is 1.52 bits per heavy atom. The summed E-state index contributed by atoms with van der Waals surface area (Å²) in [5, 5.41) is 12.8. The largest absolute Gasteiger partial charge is 0.478 e. The topological polar surface area (TPSA) is 82.5 Å². The van der Waals surface area contributed by atoms with Crippen molar-refractivity contribution < 1.29 is 14.7 Å². The number of hydrogen-bond donors (Lipinski definition) is 2. The van der Waals surface area contributed by atoms with E-state index < -0.39 is 5.97 Å². The van der Waals surface area contributed by atoms with E-state index in [-0.39, 0.29) is 11.6 Å². The van der Waals surface area contributed by atoms with E-state index in [4.69, 9.17) is 5.11 Å². The first-order valence-corrected chi connectivity index (χ1v) is 13.6. The number of urea groups is 1. The predicted octanol–water partition coefficient (Wildman–Crippen LogP) is 6.98. The summed E-state index contributed by atoms with van der Waals surface area (Å²) in [4.78, 5) is 32.0. The van der Waals surface area contributed by atoms with Crippen LogP contribution in [0, 0.1) is 11.8 Å². The van der Waals surface area contributed by atoms with Gasteiger partial charge >= 0.3 is 12.0 Å². The summed E-state index contributed by atoms with van der Waals surface area (Å²) in [6.45, 7) is 4.62. The molecule has 2 aliphatic carbocycles. The van der Waals surface area contributed by atoms with Crippen molar-refractivity contribution in [2.45, 2.75) is 86.4 Å². The van der Waals surface area contributed by atoms with Gasteiger partial charge in [-0.15, -0.1) is 0 Å². The number of carbonyl (C=O) groups is 2. The van der Waals surface area contributed by atoms with Crippen LogP contribution in [0.5, 0.6) is 0 Å². The van der Waals surface area contributed by atoms with Crippen LogP contribution in [0.3, 0.4) is 0 Å². The number of nitrogens with one attached hydrogen (secondary N) is 1. The second-order valence-corrected chi connectivity index (χ2v) is 12.0. The van der Waals surface area contributed by atoms with Crippen LogP contribution in [0.15, 0.2) is 39.6 Å². The van der Waals surface area contributed by atoms with Crippen molar-refractivity contribution in [3.05, 3.63) is 36.0 Å². The summed E-state index contributed by atoms with van der Waals surface area (Å²) in [6.07, 6.45) is 10.9. The molecule has 2 N–H and O–H groups in total. The van der Waals surface area contributed by atoms with Gasteiger partial charge in [-0.1, -0.05) is 36.9 Å². The molecule has 2 amide bonds. The molecule has 1 heterocycles. The van der Waals surface area contributed by atoms with Crippen LogP contribution in [-0.4, -0.2) is 39.1 Å². The zero-order valence-corrected chi connectivity index (χ0v) is 21.0. The molecule has 8 heteroatoms. The summed E-state index contributed by atoms with van der Waals surface area (Å²) < 4.78 is 0.956. The number of aromatic nitrogens is 1. The lowest BCUT2D eigenvalue weighted by Gasteiger charge is -2.43. The second kappa shape index (κ2) is 10.9. The molecule has 0 bridgehead atoms. The van der Waals surface area contributed by atoms with E-state index in [0.29, 0.717) is 17.2 Å². The maximum absolute atomic E-state index is 13.5. The molecule has 6 nitrogen and oxygen atoms in total. The number of carboxylic acids is 1. The second-order valence-electron chi connectivity index (χ2n) is 9.58. The van der Waals surface area contributed by atoms with E-state index in [1.807, 2.05) is 0 Å². The molecular formula is C25H33N3O3S2. The van der Waals surface area contributed by atoms with Crippen molar-refractivity contribution in [3.8, 4) is 0 Å². The van der Waals surface area contributed by atoms with E-state index in [9.17, 15) is 9.59 Å². The minimum absolute atomic E-state index is 0.00850. The van der Waals surface area contributed by atoms with Crippen LogP contribution in [0.2, 0.25) is 0 Å². The summed E-state index contributed by atoms with van der Waals surface area (Å²) >= 11 is 2.97. The molecule has 2 fully saturated rings. The summed E-state index contributed by atoms with van der Waals surface area (Å²) in [5.74, 6) is 0.569. The molecule has 1 aromatic heterocycles. The zero-order chi connectivity index (χ0) is 23.4. The van der Waals surface area contributed by atoms with Gasteiger partial charge in [-0.2, -0.15) is 0 Å². The van der Waals surface area contributed by atoms with E-state index in [2.05, 4.69) is 29.0 Å². The zero-order valence-electron chi connectivity index (χ0n) is 19.3. The number of aromatic carboxylic acids is 1. The highest BCUT2D eigenvalue weighted by Crippen LogP contribution is 2.36. The molecule has 0 radical (unpaired) electrons. The Labute approximate surface area is 204 Å². The van der Waals surface area contributed by atoms with Crippen LogP contribution >= 0.6 is 23.1 Å². The van der Waals surface area contributed by atoms with Crippen molar-refractivity contribution >= 4 is 40.2 Å². The first kappa shape index (κ1) is 24.1. The average molecular weight is 488 g/mol. The van der Waals surface area contributed by atoms with Crippen LogP contribution in [0.1, 0.15) is 75.6 Å². The fraction of sp³-hybridized carbons (Fsp3) is 0.560. The number of hydrogen-bond acceptors (Lipinski definition) is 5. The quantitative estimate of drug-likeness (QED) is 0.459. The van der Waals surface area contributed by atoms with Gasteiger partial charge in [-0.05, 0) is 87.5 Å². The number of carboxylic acid groups (broad SMARTS) is 1. The van der Waals surface area contributed by atoms with Crippen molar-refractivity contribution in [3.63, 3.8) is 0 Å². The molecule has 33 heavy (non-hydrogen) atoms. The monoisotopic (exact) mass is 487 g/mol. The fourth-order valence-corrected chi connectivity index (χ4v) is 6.81. The molecule has 2 saturated carbocycles. The van der Waals surface area contributed by atoms with E-state index in [1.54, 1.807) is 30.5 Å². The lowest BCUT2D eigenvalue weighted by molar-refractivity contribution is 0.0696. The van der Waals surface area contributed by atoms with Gasteiger partial charge in [-0.3, -0.25) is 5.32 Å². The van der Waals surface area contributed by atoms with Crippen molar-refractivity contribution in [2.75, 3.05) is 5.32 Å². The number of carbonyl (C=O) groups excluding carboxylic acids is 1. The number of amides is 2. The van der Waals surface area contributed by atoms with Gasteiger partial charge in [0.05, 0.1) is 16.0 Å². The summed E-state index contributed by atoms with van der Waals surface area (Å²) in [5.41, 5.74) is 0.269. The van der Waals surface area contributed by atoms with Gasteiger partial charge in [0.2, 0.25) is 0 Å². The highest BCUT2D eigenvalue weighted by molar-refractivity contribution is 8.01. The van der Waals surface area contributed by atoms with E-state index >= 15 is 0 Å². The van der Waals surface area contributed by atoms with E-state index in [1.165, 1.54) is 48.8 Å². The summed E-state index contributed by atoms with van der Waals surface area (Å²) in [6, 6.07) is 7.42. The average Bonchev–Trinajstić information content (AvgIpc) is 3.23. The molecule has 0 unspecified atom stereocenters. The third-order valence-electron chi connectivity index (χ3n) is 7.01. The smallest absolute Gasteiger partial charge is 0.335 e. The minimum atomic E-state index is -0.932. The SMILES string of the molecule is CC1CCC(N(C(=O)Nc2ncc(Sc3ccc(C(=O)O)cc3)s2)C2CCC(C)CC2)CC1. The number of benzene rings is 1. The molecule has 4 rings (SSSR count). The maximum atomic E-state index is 13.5. The molecule has 2 aliphatic rings. The minimum Gasteiger partial charge on any atom is -0.478 e. The molecular weight excluding hydrogens is 454 g/mol. The molecule has 0 spiro atoms. The number of rotatable bonds is 6. The molecule has 2 aromatic rings. The normalized spacial score (nSPS) is 25.4. The van der Waals surface area contributed by atoms with Gasteiger partial charge in [0, 0.05) is 17.0 Å². The van der Waals surface area contributed by atoms with Gasteiger partial charge < -0.3 is 10.0 Å². The Kier molecular flexibility index (Phi) is 7.96. The van der Waals surface area contributed by atoms with Crippen LogP contribution < -0.4 is 5.32 Å². The van der Waals surface area contributed by atoms with E-state index in [0.717, 1.165) is 46.6 Å². The fourth-order valence-electron chi connectivity index (χ4n) is 4.97. The highest BCUT2D eigenvalue weighted by Gasteiger charge is 2.35. The standard InChI is InChI=1S/C25H33N3O3S2/c1-16-3-9-19(10-4-16)28(20-11-5-17(2)6-12-20)25(31)27-24-26-15-22(33-24)32-21-13-7-18(8-14-21)23(29)30/h7-8,13-17,19-20H,3-6,9-12H2,1-2H3,(H,29,30)(H,26,27,31). The molecule has 0 saturated heterocycles. The lowest BCUT2D eigenvalue weighted by Crippen LogP contribution is -2.51. The first-order chi connectivity index (χ1) is 15.9. The third kappa shape index (κ3) is 6.29. The molecule has 178 valence electrons. The lowest BCUT2D eigenvalue weighted by atomic mass is 9.82. The number of nitrogens with zero attached hydrogens (tertiary/aromatic N) is 2. The Hall–Kier alpha value is -2.06. The van der Waals surface area contributed by atoms with Crippen molar-refractivity contribution in [2.24, 2.45) is 11.8 Å². The highest BCUT2D eigenvalue weighted by atomic mass is 32.2. The first-order valence-electron chi connectivity index (χ1n) is 12.0. The Bertz CT molecular complexity index is 924. The Balaban J connectivity index is 1.42. The van der Waals surface area contributed by atoms with Crippen LogP contribution in [0.25, 0.3) is 0 Å². The molecule has 1 aromatic carbocycles. The van der Waals surface area contributed by atoms with Crippen LogP contribution in [0.4, 0.5) is 9.93 Å². The van der Waals surface area contributed by atoms with Gasteiger partial charge in [0.1, 0.15) is 0 Å². The van der Waals surface area contributed by atoms with Gasteiger partial charge in [0.15, 0.2) is 5.13 Å². The van der Waals surface area contributed by atoms with Crippen molar-refractivity contribution in [1.29, 1.82) is 0 Å². The van der Waals surface area contributed by atoms with Crippen molar-refractivity contribution in [1.82, 2.24) is 9.88 Å². The van der Waals surface area contributed by atoms with Crippen LogP contribution in [-0.2, 0) is 0 Å². The summed E-state index contributed by atoms with van der Waals surface area (Å²) in [7, 11) is 0. The number of anilines is 1. The number of thiazole rings is 1. The van der Waals surface area contributed by atoms with Gasteiger partial charge in [-0.25, -0.2) is 14.6 Å².